The minimum atomic E-state index is 1.09. The summed E-state index contributed by atoms with van der Waals surface area (Å²) < 4.78 is 2.51. The molecule has 0 radical (unpaired) electrons. The van der Waals surface area contributed by atoms with Crippen LogP contribution >= 0.6 is 77.2 Å². The van der Waals surface area contributed by atoms with Crippen LogP contribution in [0.2, 0.25) is 0 Å². The van der Waals surface area contributed by atoms with Gasteiger partial charge in [-0.1, -0.05) is 178 Å². The lowest BCUT2D eigenvalue weighted by molar-refractivity contribution is 0.544. The third-order valence-corrected chi connectivity index (χ3v) is 16.0. The van der Waals surface area contributed by atoms with E-state index in [-0.39, 0.29) is 0 Å². The number of aromatic nitrogens is 2. The van der Waals surface area contributed by atoms with E-state index in [0.29, 0.717) is 0 Å². The normalized spacial score (nSPS) is 11.8. The SMILES string of the molecule is CCCCCCCCCCCCCCc1c(Br)csc1-c1nc2sc(-c3scc(Br)c3CCCCCCCCCCCCCC)nc2s1. The van der Waals surface area contributed by atoms with Crippen molar-refractivity contribution in [2.24, 2.45) is 0 Å². The molecule has 0 amide bonds. The van der Waals surface area contributed by atoms with Gasteiger partial charge in [-0.05, 0) is 68.7 Å². The molecule has 8 heteroatoms. The van der Waals surface area contributed by atoms with Crippen LogP contribution in [0, 0.1) is 0 Å². The molecule has 4 rings (SSSR count). The Labute approximate surface area is 325 Å². The summed E-state index contributed by atoms with van der Waals surface area (Å²) in [5.74, 6) is 0. The van der Waals surface area contributed by atoms with E-state index in [9.17, 15) is 0 Å². The van der Waals surface area contributed by atoms with Crippen molar-refractivity contribution in [3.8, 4) is 19.8 Å². The molecule has 4 aromatic rings. The molecule has 0 aliphatic heterocycles. The van der Waals surface area contributed by atoms with Crippen LogP contribution in [0.15, 0.2) is 19.7 Å². The fraction of sp³-hybridized carbons (Fsp3) is 0.700. The van der Waals surface area contributed by atoms with Crippen molar-refractivity contribution in [1.29, 1.82) is 0 Å². The zero-order valence-electron chi connectivity index (χ0n) is 29.8. The molecule has 0 aliphatic rings. The quantitative estimate of drug-likeness (QED) is 0.0532. The number of nitrogens with zero attached hydrogens (tertiary/aromatic N) is 2. The van der Waals surface area contributed by atoms with Gasteiger partial charge in [0.2, 0.25) is 0 Å². The highest BCUT2D eigenvalue weighted by Crippen LogP contribution is 2.45. The molecule has 0 aromatic carbocycles. The predicted molar refractivity (Wildman–Crippen MR) is 227 cm³/mol. The van der Waals surface area contributed by atoms with Crippen molar-refractivity contribution in [3.05, 3.63) is 30.8 Å². The second kappa shape index (κ2) is 24.2. The van der Waals surface area contributed by atoms with Gasteiger partial charge < -0.3 is 0 Å². The van der Waals surface area contributed by atoms with E-state index in [1.54, 1.807) is 22.7 Å². The zero-order valence-corrected chi connectivity index (χ0v) is 36.3. The summed E-state index contributed by atoms with van der Waals surface area (Å²) in [6.45, 7) is 4.60. The summed E-state index contributed by atoms with van der Waals surface area (Å²) in [6, 6.07) is 0. The lowest BCUT2D eigenvalue weighted by atomic mass is 10.0. The molecular formula is C40H60Br2N2S4. The maximum absolute atomic E-state index is 5.14. The van der Waals surface area contributed by atoms with Crippen molar-refractivity contribution >= 4 is 86.9 Å². The highest BCUT2D eigenvalue weighted by atomic mass is 79.9. The summed E-state index contributed by atoms with van der Waals surface area (Å²) in [7, 11) is 0. The van der Waals surface area contributed by atoms with Gasteiger partial charge >= 0.3 is 0 Å². The molecule has 268 valence electrons. The standard InChI is InChI=1S/C40H60Br2N2S4/c1-3-5-7-9-11-13-15-17-19-21-23-25-27-31-33(41)29-45-35(31)37-43-39-40(47-37)44-38(48-39)36-32(34(42)30-46-36)28-26-24-22-20-18-16-14-12-10-8-6-4-2/h29-30H,3-28H2,1-2H3. The predicted octanol–water partition coefficient (Wildman–Crippen LogP) is 17.2. The Morgan fingerprint density at radius 3 is 1.04 bits per heavy atom. The summed E-state index contributed by atoms with van der Waals surface area (Å²) in [4.78, 5) is 15.1. The first-order chi connectivity index (χ1) is 23.6. The Morgan fingerprint density at radius 2 is 0.729 bits per heavy atom. The van der Waals surface area contributed by atoms with Gasteiger partial charge in [0.1, 0.15) is 10.0 Å². The van der Waals surface area contributed by atoms with Crippen LogP contribution in [-0.4, -0.2) is 9.97 Å². The second-order valence-electron chi connectivity index (χ2n) is 13.7. The zero-order chi connectivity index (χ0) is 33.8. The Morgan fingerprint density at radius 1 is 0.438 bits per heavy atom. The fourth-order valence-corrected chi connectivity index (χ4v) is 12.5. The molecule has 0 saturated carbocycles. The first-order valence-corrected chi connectivity index (χ1v) is 24.4. The van der Waals surface area contributed by atoms with Crippen LogP contribution in [0.3, 0.4) is 0 Å². The fourth-order valence-electron chi connectivity index (χ4n) is 6.67. The maximum Gasteiger partial charge on any atom is 0.155 e. The Bertz CT molecular complexity index is 1280. The summed E-state index contributed by atoms with van der Waals surface area (Å²) >= 11 is 14.9. The Hall–Kier alpha value is -0.120. The van der Waals surface area contributed by atoms with Gasteiger partial charge in [0.25, 0.3) is 0 Å². The number of fused-ring (bicyclic) bond motifs is 1. The minimum Gasteiger partial charge on any atom is -0.222 e. The van der Waals surface area contributed by atoms with Crippen LogP contribution in [0.25, 0.3) is 29.4 Å². The molecule has 0 aliphatic carbocycles. The molecular weight excluding hydrogens is 797 g/mol. The smallest absolute Gasteiger partial charge is 0.155 e. The van der Waals surface area contributed by atoms with Crippen molar-refractivity contribution in [3.63, 3.8) is 0 Å². The minimum absolute atomic E-state index is 1.09. The van der Waals surface area contributed by atoms with Crippen molar-refractivity contribution in [2.75, 3.05) is 0 Å². The Balaban J connectivity index is 1.19. The molecule has 4 heterocycles. The average molecular weight is 857 g/mol. The van der Waals surface area contributed by atoms with Gasteiger partial charge in [-0.15, -0.1) is 22.7 Å². The summed E-state index contributed by atoms with van der Waals surface area (Å²) in [5, 5.41) is 6.79. The van der Waals surface area contributed by atoms with E-state index in [2.05, 4.69) is 56.5 Å². The Kier molecular flexibility index (Phi) is 20.5. The van der Waals surface area contributed by atoms with Crippen LogP contribution in [0.1, 0.15) is 179 Å². The number of rotatable bonds is 28. The summed E-state index contributed by atoms with van der Waals surface area (Å²) in [6.07, 6.45) is 35.6. The first kappa shape index (κ1) is 40.6. The molecule has 48 heavy (non-hydrogen) atoms. The van der Waals surface area contributed by atoms with Crippen LogP contribution in [-0.2, 0) is 12.8 Å². The summed E-state index contributed by atoms with van der Waals surface area (Å²) in [5.41, 5.74) is 2.89. The van der Waals surface area contributed by atoms with E-state index < -0.39 is 0 Å². The van der Waals surface area contributed by atoms with E-state index in [1.807, 2.05) is 22.7 Å². The molecule has 0 fully saturated rings. The average Bonchev–Trinajstić information content (AvgIpc) is 3.85. The molecule has 0 spiro atoms. The largest absolute Gasteiger partial charge is 0.222 e. The van der Waals surface area contributed by atoms with Gasteiger partial charge in [0, 0.05) is 19.7 Å². The molecule has 0 unspecified atom stereocenters. The number of unbranched alkanes of at least 4 members (excludes halogenated alkanes) is 22. The molecule has 0 saturated heterocycles. The molecule has 0 atom stereocenters. The van der Waals surface area contributed by atoms with Crippen molar-refractivity contribution in [2.45, 2.75) is 181 Å². The van der Waals surface area contributed by atoms with Gasteiger partial charge in [0.05, 0.1) is 9.75 Å². The molecule has 2 nitrogen and oxygen atoms in total. The first-order valence-electron chi connectivity index (χ1n) is 19.4. The molecule has 0 N–H and O–H groups in total. The number of hydrogen-bond acceptors (Lipinski definition) is 6. The van der Waals surface area contributed by atoms with Gasteiger partial charge in [-0.2, -0.15) is 0 Å². The second-order valence-corrected chi connectivity index (χ2v) is 19.1. The number of thiazole rings is 2. The third-order valence-electron chi connectivity index (χ3n) is 9.61. The van der Waals surface area contributed by atoms with Crippen LogP contribution in [0.4, 0.5) is 0 Å². The third kappa shape index (κ3) is 13.8. The maximum atomic E-state index is 5.14. The lowest BCUT2D eigenvalue weighted by Gasteiger charge is -2.05. The molecule has 4 aromatic heterocycles. The molecule has 0 bridgehead atoms. The number of halogens is 2. The number of thiophene rings is 2. The van der Waals surface area contributed by atoms with Crippen LogP contribution < -0.4 is 0 Å². The number of hydrogen-bond donors (Lipinski definition) is 0. The van der Waals surface area contributed by atoms with Crippen molar-refractivity contribution < 1.29 is 0 Å². The van der Waals surface area contributed by atoms with Crippen molar-refractivity contribution in [1.82, 2.24) is 9.97 Å². The van der Waals surface area contributed by atoms with E-state index >= 15 is 0 Å². The topological polar surface area (TPSA) is 25.8 Å². The van der Waals surface area contributed by atoms with Gasteiger partial charge in [0.15, 0.2) is 9.66 Å². The highest BCUT2D eigenvalue weighted by molar-refractivity contribution is 9.10. The van der Waals surface area contributed by atoms with Gasteiger partial charge in [-0.3, -0.25) is 0 Å². The van der Waals surface area contributed by atoms with E-state index in [0.717, 1.165) is 32.5 Å². The van der Waals surface area contributed by atoms with Gasteiger partial charge in [-0.25, -0.2) is 9.97 Å². The lowest BCUT2D eigenvalue weighted by Crippen LogP contribution is -1.89. The monoisotopic (exact) mass is 854 g/mol. The highest BCUT2D eigenvalue weighted by Gasteiger charge is 2.20. The van der Waals surface area contributed by atoms with Crippen LogP contribution in [0.5, 0.6) is 0 Å². The van der Waals surface area contributed by atoms with E-state index in [1.165, 1.54) is 184 Å². The van der Waals surface area contributed by atoms with E-state index in [4.69, 9.17) is 9.97 Å².